The summed E-state index contributed by atoms with van der Waals surface area (Å²) >= 11 is 0. The van der Waals surface area contributed by atoms with Crippen molar-refractivity contribution in [3.8, 4) is 0 Å². The molecule has 0 bridgehead atoms. The smallest absolute Gasteiger partial charge is 0.366 e. The number of hydrogen-bond donors (Lipinski definition) is 0. The van der Waals surface area contributed by atoms with Crippen molar-refractivity contribution in [2.24, 2.45) is 0 Å². The maximum atomic E-state index is 10.5. The summed E-state index contributed by atoms with van der Waals surface area (Å²) in [5, 5.41) is 0. The van der Waals surface area contributed by atoms with Gasteiger partial charge in [0.1, 0.15) is 12.0 Å². The first-order chi connectivity index (χ1) is 6.62. The summed E-state index contributed by atoms with van der Waals surface area (Å²) in [4.78, 5) is 23.0. The largest absolute Gasteiger partial charge is 0.445 e. The van der Waals surface area contributed by atoms with Crippen LogP contribution >= 0.6 is 0 Å². The van der Waals surface area contributed by atoms with Gasteiger partial charge in [0.2, 0.25) is 12.6 Å². The topological polar surface area (TPSA) is 55.8 Å². The molecule has 0 saturated carbocycles. The lowest BCUT2D eigenvalue weighted by Crippen LogP contribution is -2.34. The fourth-order valence-corrected chi connectivity index (χ4v) is 0.986. The molecule has 5 nitrogen and oxygen atoms in total. The average Bonchev–Trinajstić information content (AvgIpc) is 2.59. The van der Waals surface area contributed by atoms with E-state index in [4.69, 9.17) is 9.47 Å². The molecular weight excluding hydrogens is 186 g/mol. The van der Waals surface area contributed by atoms with Gasteiger partial charge in [-0.15, -0.1) is 0 Å². The van der Waals surface area contributed by atoms with Crippen molar-refractivity contribution in [3.05, 3.63) is 12.0 Å². The van der Waals surface area contributed by atoms with Gasteiger partial charge in [-0.1, -0.05) is 0 Å². The zero-order chi connectivity index (χ0) is 10.6. The summed E-state index contributed by atoms with van der Waals surface area (Å²) in [7, 11) is 3.84. The zero-order valence-electron chi connectivity index (χ0n) is 8.23. The predicted octanol–water partition coefficient (Wildman–Crippen LogP) is -0.0796. The molecule has 0 amide bonds. The number of aldehydes is 2. The van der Waals surface area contributed by atoms with Gasteiger partial charge in [-0.05, 0) is 14.1 Å². The van der Waals surface area contributed by atoms with E-state index in [2.05, 4.69) is 0 Å². The van der Waals surface area contributed by atoms with Crippen LogP contribution in [0.2, 0.25) is 0 Å². The zero-order valence-corrected chi connectivity index (χ0v) is 8.23. The quantitative estimate of drug-likeness (QED) is 0.458. The van der Waals surface area contributed by atoms with Crippen molar-refractivity contribution in [1.29, 1.82) is 0 Å². The predicted molar refractivity (Wildman–Crippen MR) is 48.3 cm³/mol. The highest BCUT2D eigenvalue weighted by Crippen LogP contribution is 2.23. The molecule has 0 radical (unpaired) electrons. The molecule has 0 aromatic heterocycles. The number of carbonyl (C=O) groups is 2. The summed E-state index contributed by atoms with van der Waals surface area (Å²) < 4.78 is 9.92. The van der Waals surface area contributed by atoms with Gasteiger partial charge in [0, 0.05) is 13.0 Å². The Morgan fingerprint density at radius 3 is 2.50 bits per heavy atom. The summed E-state index contributed by atoms with van der Waals surface area (Å²) in [5.41, 5.74) is 0. The number of nitrogens with zero attached hydrogens (tertiary/aromatic N) is 1. The van der Waals surface area contributed by atoms with E-state index < -0.39 is 5.79 Å². The Bertz CT molecular complexity index is 252. The standard InChI is InChI=1S/C9H13NO4/c1-10(2)4-3-8-5-13-9(6-11,7-12)14-8/h5-7H,3-4H2,1-2H3. The molecule has 14 heavy (non-hydrogen) atoms. The minimum Gasteiger partial charge on any atom is -0.445 e. The molecule has 0 saturated heterocycles. The van der Waals surface area contributed by atoms with Crippen LogP contribution in [0.5, 0.6) is 0 Å². The van der Waals surface area contributed by atoms with Crippen LogP contribution in [0.4, 0.5) is 0 Å². The fourth-order valence-electron chi connectivity index (χ4n) is 0.986. The van der Waals surface area contributed by atoms with E-state index in [1.807, 2.05) is 19.0 Å². The monoisotopic (exact) mass is 199 g/mol. The minimum absolute atomic E-state index is 0.346. The Morgan fingerprint density at radius 1 is 1.43 bits per heavy atom. The Labute approximate surface area is 82.3 Å². The molecule has 78 valence electrons. The van der Waals surface area contributed by atoms with E-state index in [1.54, 1.807) is 0 Å². The Morgan fingerprint density at radius 2 is 2.07 bits per heavy atom. The van der Waals surface area contributed by atoms with E-state index in [0.717, 1.165) is 6.54 Å². The molecule has 1 heterocycles. The summed E-state index contributed by atoms with van der Waals surface area (Å²) in [6.07, 6.45) is 2.61. The molecule has 1 aliphatic rings. The van der Waals surface area contributed by atoms with Gasteiger partial charge < -0.3 is 14.4 Å². The molecular formula is C9H13NO4. The van der Waals surface area contributed by atoms with E-state index in [0.29, 0.717) is 24.8 Å². The highest BCUT2D eigenvalue weighted by Gasteiger charge is 2.38. The number of hydrogen-bond acceptors (Lipinski definition) is 5. The minimum atomic E-state index is -1.73. The van der Waals surface area contributed by atoms with Crippen molar-refractivity contribution >= 4 is 12.6 Å². The highest BCUT2D eigenvalue weighted by molar-refractivity contribution is 5.86. The van der Waals surface area contributed by atoms with Gasteiger partial charge in [0.05, 0.1) is 0 Å². The molecule has 0 fully saturated rings. The summed E-state index contributed by atoms with van der Waals surface area (Å²) in [6, 6.07) is 0. The first-order valence-electron chi connectivity index (χ1n) is 4.25. The van der Waals surface area contributed by atoms with Gasteiger partial charge in [-0.2, -0.15) is 0 Å². The summed E-state index contributed by atoms with van der Waals surface area (Å²) in [6.45, 7) is 0.767. The van der Waals surface area contributed by atoms with Crippen LogP contribution in [-0.4, -0.2) is 43.9 Å². The molecule has 0 aromatic rings. The first-order valence-corrected chi connectivity index (χ1v) is 4.25. The van der Waals surface area contributed by atoms with Crippen molar-refractivity contribution in [3.63, 3.8) is 0 Å². The molecule has 1 aliphatic heterocycles. The Kier molecular flexibility index (Phi) is 3.24. The molecule has 0 N–H and O–H groups in total. The second-order valence-corrected chi connectivity index (χ2v) is 3.31. The van der Waals surface area contributed by atoms with Crippen LogP contribution in [0.1, 0.15) is 6.42 Å². The van der Waals surface area contributed by atoms with Gasteiger partial charge in [-0.25, -0.2) is 0 Å². The van der Waals surface area contributed by atoms with Crippen LogP contribution in [0.3, 0.4) is 0 Å². The Hall–Kier alpha value is -1.36. The third-order valence-electron chi connectivity index (χ3n) is 1.80. The summed E-state index contributed by atoms with van der Waals surface area (Å²) in [5.74, 6) is -1.22. The van der Waals surface area contributed by atoms with Crippen molar-refractivity contribution in [2.45, 2.75) is 12.2 Å². The van der Waals surface area contributed by atoms with E-state index in [9.17, 15) is 9.59 Å². The lowest BCUT2D eigenvalue weighted by atomic mass is 10.3. The SMILES string of the molecule is CN(C)CCC1=COC(C=O)(C=O)O1. The average molecular weight is 199 g/mol. The lowest BCUT2D eigenvalue weighted by molar-refractivity contribution is -0.167. The molecule has 1 rings (SSSR count). The normalized spacial score (nSPS) is 18.4. The van der Waals surface area contributed by atoms with Crippen LogP contribution in [0.25, 0.3) is 0 Å². The maximum absolute atomic E-state index is 10.5. The second-order valence-electron chi connectivity index (χ2n) is 3.31. The van der Waals surface area contributed by atoms with Crippen LogP contribution in [0.15, 0.2) is 12.0 Å². The van der Waals surface area contributed by atoms with Gasteiger partial charge in [0.25, 0.3) is 0 Å². The third kappa shape index (κ3) is 2.32. The van der Waals surface area contributed by atoms with E-state index in [-0.39, 0.29) is 0 Å². The molecule has 0 unspecified atom stereocenters. The Balaban J connectivity index is 2.46. The third-order valence-corrected chi connectivity index (χ3v) is 1.80. The van der Waals surface area contributed by atoms with Crippen LogP contribution in [0, 0.1) is 0 Å². The van der Waals surface area contributed by atoms with Gasteiger partial charge in [-0.3, -0.25) is 9.59 Å². The van der Waals surface area contributed by atoms with Crippen molar-refractivity contribution in [1.82, 2.24) is 4.90 Å². The molecule has 0 aliphatic carbocycles. The van der Waals surface area contributed by atoms with Crippen molar-refractivity contribution < 1.29 is 19.1 Å². The van der Waals surface area contributed by atoms with Crippen LogP contribution in [-0.2, 0) is 19.1 Å². The highest BCUT2D eigenvalue weighted by atomic mass is 16.7. The van der Waals surface area contributed by atoms with E-state index >= 15 is 0 Å². The van der Waals surface area contributed by atoms with Crippen LogP contribution < -0.4 is 0 Å². The fraction of sp³-hybridized carbons (Fsp3) is 0.556. The van der Waals surface area contributed by atoms with E-state index in [1.165, 1.54) is 6.26 Å². The van der Waals surface area contributed by atoms with Gasteiger partial charge >= 0.3 is 5.79 Å². The molecule has 0 spiro atoms. The maximum Gasteiger partial charge on any atom is 0.366 e. The molecule has 0 atom stereocenters. The lowest BCUT2D eigenvalue weighted by Gasteiger charge is -2.15. The number of carbonyl (C=O) groups excluding carboxylic acids is 2. The molecule has 5 heteroatoms. The van der Waals surface area contributed by atoms with Crippen molar-refractivity contribution in [2.75, 3.05) is 20.6 Å². The number of rotatable bonds is 5. The first kappa shape index (κ1) is 10.7. The second kappa shape index (κ2) is 4.23. The number of ether oxygens (including phenoxy) is 2. The van der Waals surface area contributed by atoms with Gasteiger partial charge in [0.15, 0.2) is 0 Å². The molecule has 0 aromatic carbocycles.